The second-order valence-corrected chi connectivity index (χ2v) is 5.34. The highest BCUT2D eigenvalue weighted by Crippen LogP contribution is 2.28. The molecule has 0 aliphatic rings. The third-order valence-electron chi connectivity index (χ3n) is 2.58. The van der Waals surface area contributed by atoms with Gasteiger partial charge in [-0.05, 0) is 12.1 Å². The predicted molar refractivity (Wildman–Crippen MR) is 72.5 cm³/mol. The molecule has 0 unspecified atom stereocenters. The molecule has 2 rings (SSSR count). The molecule has 0 radical (unpaired) electrons. The summed E-state index contributed by atoms with van der Waals surface area (Å²) < 4.78 is 0. The van der Waals surface area contributed by atoms with Crippen LogP contribution in [0.1, 0.15) is 33.4 Å². The minimum Gasteiger partial charge on any atom is -0.309 e. The quantitative estimate of drug-likeness (QED) is 0.837. The van der Waals surface area contributed by atoms with E-state index in [4.69, 9.17) is 0 Å². The van der Waals surface area contributed by atoms with Crippen LogP contribution in [0.15, 0.2) is 24.3 Å². The zero-order chi connectivity index (χ0) is 13.3. The van der Waals surface area contributed by atoms with Gasteiger partial charge in [-0.1, -0.05) is 32.9 Å². The van der Waals surface area contributed by atoms with Crippen LogP contribution in [-0.4, -0.2) is 15.9 Å². The van der Waals surface area contributed by atoms with Gasteiger partial charge in [0.1, 0.15) is 0 Å². The standard InChI is InChI=1S/C14H17N3O/c1-9(18)15-13-12(14(2,3)4)16-10-7-5-6-8-11(10)17-13/h5-8H,1-4H3,(H,15,17,18). The van der Waals surface area contributed by atoms with E-state index in [0.717, 1.165) is 16.7 Å². The summed E-state index contributed by atoms with van der Waals surface area (Å²) in [6, 6.07) is 7.65. The SMILES string of the molecule is CC(=O)Nc1nc2ccccc2nc1C(C)(C)C. The van der Waals surface area contributed by atoms with Gasteiger partial charge in [0.15, 0.2) is 5.82 Å². The lowest BCUT2D eigenvalue weighted by atomic mass is 9.91. The first-order valence-corrected chi connectivity index (χ1v) is 5.93. The van der Waals surface area contributed by atoms with Crippen LogP contribution in [0.25, 0.3) is 11.0 Å². The molecular weight excluding hydrogens is 226 g/mol. The zero-order valence-electron chi connectivity index (χ0n) is 11.1. The highest BCUT2D eigenvalue weighted by Gasteiger charge is 2.22. The Morgan fingerprint density at radius 3 is 2.17 bits per heavy atom. The highest BCUT2D eigenvalue weighted by molar-refractivity contribution is 5.89. The number of rotatable bonds is 1. The number of para-hydroxylation sites is 2. The average molecular weight is 243 g/mol. The maximum absolute atomic E-state index is 11.2. The number of benzene rings is 1. The van der Waals surface area contributed by atoms with Crippen LogP contribution in [0.2, 0.25) is 0 Å². The van der Waals surface area contributed by atoms with Gasteiger partial charge in [-0.2, -0.15) is 0 Å². The van der Waals surface area contributed by atoms with E-state index < -0.39 is 0 Å². The van der Waals surface area contributed by atoms with Crippen molar-refractivity contribution >= 4 is 22.8 Å². The van der Waals surface area contributed by atoms with E-state index in [1.165, 1.54) is 6.92 Å². The summed E-state index contributed by atoms with van der Waals surface area (Å²) >= 11 is 0. The molecule has 1 amide bonds. The summed E-state index contributed by atoms with van der Waals surface area (Å²) in [6.45, 7) is 7.63. The fourth-order valence-corrected chi connectivity index (χ4v) is 1.78. The summed E-state index contributed by atoms with van der Waals surface area (Å²) in [7, 11) is 0. The molecule has 1 heterocycles. The molecule has 4 heteroatoms. The van der Waals surface area contributed by atoms with Crippen molar-refractivity contribution in [2.75, 3.05) is 5.32 Å². The third-order valence-corrected chi connectivity index (χ3v) is 2.58. The summed E-state index contributed by atoms with van der Waals surface area (Å²) in [5.41, 5.74) is 2.26. The van der Waals surface area contributed by atoms with Crippen molar-refractivity contribution in [2.24, 2.45) is 0 Å². The Bertz CT molecular complexity index is 600. The van der Waals surface area contributed by atoms with Gasteiger partial charge >= 0.3 is 0 Å². The fourth-order valence-electron chi connectivity index (χ4n) is 1.78. The Kier molecular flexibility index (Phi) is 3.03. The molecule has 0 fully saturated rings. The Morgan fingerprint density at radius 2 is 1.67 bits per heavy atom. The number of nitrogens with zero attached hydrogens (tertiary/aromatic N) is 2. The molecule has 1 N–H and O–H groups in total. The molecule has 1 aromatic carbocycles. The fraction of sp³-hybridized carbons (Fsp3) is 0.357. The van der Waals surface area contributed by atoms with Crippen molar-refractivity contribution in [3.63, 3.8) is 0 Å². The summed E-state index contributed by atoms with van der Waals surface area (Å²) in [6.07, 6.45) is 0. The van der Waals surface area contributed by atoms with Crippen LogP contribution in [0.4, 0.5) is 5.82 Å². The van der Waals surface area contributed by atoms with E-state index >= 15 is 0 Å². The molecule has 0 bridgehead atoms. The lowest BCUT2D eigenvalue weighted by Crippen LogP contribution is -2.20. The molecule has 0 aliphatic heterocycles. The number of nitrogens with one attached hydrogen (secondary N) is 1. The molecule has 18 heavy (non-hydrogen) atoms. The van der Waals surface area contributed by atoms with Crippen molar-refractivity contribution in [3.05, 3.63) is 30.0 Å². The molecule has 0 aliphatic carbocycles. The van der Waals surface area contributed by atoms with Gasteiger partial charge < -0.3 is 5.32 Å². The molecule has 0 saturated heterocycles. The van der Waals surface area contributed by atoms with E-state index in [-0.39, 0.29) is 11.3 Å². The molecule has 94 valence electrons. The third kappa shape index (κ3) is 2.47. The molecule has 2 aromatic rings. The van der Waals surface area contributed by atoms with Crippen LogP contribution in [-0.2, 0) is 10.2 Å². The van der Waals surface area contributed by atoms with Crippen molar-refractivity contribution in [1.29, 1.82) is 0 Å². The second kappa shape index (κ2) is 4.37. The number of carbonyl (C=O) groups is 1. The number of anilines is 1. The van der Waals surface area contributed by atoms with Crippen LogP contribution in [0.3, 0.4) is 0 Å². The second-order valence-electron chi connectivity index (χ2n) is 5.34. The molecule has 0 spiro atoms. The average Bonchev–Trinajstić information content (AvgIpc) is 2.26. The first-order chi connectivity index (χ1) is 8.38. The first-order valence-electron chi connectivity index (χ1n) is 5.93. The van der Waals surface area contributed by atoms with Crippen LogP contribution >= 0.6 is 0 Å². The van der Waals surface area contributed by atoms with E-state index in [2.05, 4.69) is 36.1 Å². The molecule has 0 saturated carbocycles. The number of fused-ring (bicyclic) bond motifs is 1. The maximum Gasteiger partial charge on any atom is 0.222 e. The van der Waals surface area contributed by atoms with Gasteiger partial charge in [0.05, 0.1) is 16.7 Å². The van der Waals surface area contributed by atoms with Crippen molar-refractivity contribution in [1.82, 2.24) is 9.97 Å². The summed E-state index contributed by atoms with van der Waals surface area (Å²) in [5, 5.41) is 2.76. The van der Waals surface area contributed by atoms with Crippen LogP contribution < -0.4 is 5.32 Å². The Hall–Kier alpha value is -1.97. The van der Waals surface area contributed by atoms with Gasteiger partial charge in [0.25, 0.3) is 0 Å². The minimum absolute atomic E-state index is 0.134. The van der Waals surface area contributed by atoms with Crippen LogP contribution in [0.5, 0.6) is 0 Å². The van der Waals surface area contributed by atoms with Gasteiger partial charge in [-0.3, -0.25) is 4.79 Å². The number of hydrogen-bond acceptors (Lipinski definition) is 3. The van der Waals surface area contributed by atoms with Crippen molar-refractivity contribution < 1.29 is 4.79 Å². The van der Waals surface area contributed by atoms with Crippen LogP contribution in [0, 0.1) is 0 Å². The molecule has 1 aromatic heterocycles. The van der Waals surface area contributed by atoms with Crippen molar-refractivity contribution in [2.45, 2.75) is 33.1 Å². The predicted octanol–water partition coefficient (Wildman–Crippen LogP) is 2.89. The molecule has 0 atom stereocenters. The van der Waals surface area contributed by atoms with E-state index in [0.29, 0.717) is 5.82 Å². The van der Waals surface area contributed by atoms with E-state index in [9.17, 15) is 4.79 Å². The van der Waals surface area contributed by atoms with Gasteiger partial charge in [0.2, 0.25) is 5.91 Å². The van der Waals surface area contributed by atoms with Gasteiger partial charge in [0, 0.05) is 12.3 Å². The van der Waals surface area contributed by atoms with Crippen molar-refractivity contribution in [3.8, 4) is 0 Å². The lowest BCUT2D eigenvalue weighted by molar-refractivity contribution is -0.114. The topological polar surface area (TPSA) is 54.9 Å². The molecule has 4 nitrogen and oxygen atoms in total. The number of carbonyl (C=O) groups excluding carboxylic acids is 1. The minimum atomic E-state index is -0.172. The monoisotopic (exact) mass is 243 g/mol. The number of aromatic nitrogens is 2. The maximum atomic E-state index is 11.2. The number of hydrogen-bond donors (Lipinski definition) is 1. The first kappa shape index (κ1) is 12.5. The normalized spacial score (nSPS) is 11.6. The van der Waals surface area contributed by atoms with Gasteiger partial charge in [-0.25, -0.2) is 9.97 Å². The molecular formula is C14H17N3O. The summed E-state index contributed by atoms with van der Waals surface area (Å²) in [5.74, 6) is 0.416. The largest absolute Gasteiger partial charge is 0.309 e. The number of amides is 1. The Balaban J connectivity index is 2.67. The van der Waals surface area contributed by atoms with Gasteiger partial charge in [-0.15, -0.1) is 0 Å². The zero-order valence-corrected chi connectivity index (χ0v) is 11.1. The Labute approximate surface area is 106 Å². The van der Waals surface area contributed by atoms with E-state index in [1.807, 2.05) is 24.3 Å². The Morgan fingerprint density at radius 1 is 1.11 bits per heavy atom. The van der Waals surface area contributed by atoms with E-state index in [1.54, 1.807) is 0 Å². The lowest BCUT2D eigenvalue weighted by Gasteiger charge is -2.21. The summed E-state index contributed by atoms with van der Waals surface area (Å²) in [4.78, 5) is 20.4. The smallest absolute Gasteiger partial charge is 0.222 e. The highest BCUT2D eigenvalue weighted by atomic mass is 16.1.